The summed E-state index contributed by atoms with van der Waals surface area (Å²) in [5.41, 5.74) is 2.21. The molecule has 0 bridgehead atoms. The van der Waals surface area contributed by atoms with Gasteiger partial charge in [-0.1, -0.05) is 42.1 Å². The molecule has 1 aromatic heterocycles. The minimum Gasteiger partial charge on any atom is -0.473 e. The zero-order chi connectivity index (χ0) is 17.8. The minimum atomic E-state index is -1.82. The van der Waals surface area contributed by atoms with E-state index < -0.39 is 11.9 Å². The van der Waals surface area contributed by atoms with Crippen LogP contribution in [-0.4, -0.2) is 57.7 Å². The number of rotatable bonds is 7. The Morgan fingerprint density at radius 2 is 1.79 bits per heavy atom. The highest BCUT2D eigenvalue weighted by atomic mass is 32.2. The van der Waals surface area contributed by atoms with Crippen LogP contribution in [0.15, 0.2) is 40.1 Å². The van der Waals surface area contributed by atoms with Crippen molar-refractivity contribution in [2.75, 3.05) is 25.4 Å². The summed E-state index contributed by atoms with van der Waals surface area (Å²) in [5, 5.41) is 28.7. The number of carboxylic acids is 2. The maximum absolute atomic E-state index is 9.10. The molecule has 0 aliphatic rings. The zero-order valence-electron chi connectivity index (χ0n) is 12.7. The van der Waals surface area contributed by atoms with Crippen molar-refractivity contribution in [3.8, 4) is 11.3 Å². The molecule has 0 saturated carbocycles. The molecule has 0 spiro atoms. The Hall–Kier alpha value is -1.94. The largest absolute Gasteiger partial charge is 0.473 e. The van der Waals surface area contributed by atoms with E-state index in [4.69, 9.17) is 24.9 Å². The van der Waals surface area contributed by atoms with Crippen LogP contribution in [-0.2, 0) is 9.59 Å². The third-order valence-electron chi connectivity index (χ3n) is 2.53. The lowest BCUT2D eigenvalue weighted by molar-refractivity contribution is -0.159. The number of aromatic nitrogens is 1. The van der Waals surface area contributed by atoms with Crippen LogP contribution in [0.3, 0.4) is 0 Å². The van der Waals surface area contributed by atoms with Crippen LogP contribution >= 0.6 is 23.1 Å². The fourth-order valence-electron chi connectivity index (χ4n) is 1.48. The molecule has 0 amide bonds. The van der Waals surface area contributed by atoms with Gasteiger partial charge in [0.05, 0.1) is 12.3 Å². The van der Waals surface area contributed by atoms with Gasteiger partial charge < -0.3 is 20.6 Å². The van der Waals surface area contributed by atoms with Gasteiger partial charge in [-0.05, 0) is 0 Å². The van der Waals surface area contributed by atoms with Gasteiger partial charge >= 0.3 is 11.9 Å². The Kier molecular flexibility index (Phi) is 9.70. The summed E-state index contributed by atoms with van der Waals surface area (Å²) in [6.07, 6.45) is 0. The molecule has 24 heavy (non-hydrogen) atoms. The van der Waals surface area contributed by atoms with Crippen molar-refractivity contribution in [3.05, 3.63) is 35.7 Å². The van der Waals surface area contributed by atoms with Crippen molar-refractivity contribution >= 4 is 35.0 Å². The first-order valence-electron chi connectivity index (χ1n) is 6.96. The number of thioether (sulfide) groups is 1. The molecular formula is C15H18N2O5S2. The average Bonchev–Trinajstić information content (AvgIpc) is 3.05. The van der Waals surface area contributed by atoms with Crippen molar-refractivity contribution in [1.29, 1.82) is 0 Å². The first-order valence-corrected chi connectivity index (χ1v) is 8.82. The molecule has 2 aromatic rings. The third kappa shape index (κ3) is 8.06. The third-order valence-corrected chi connectivity index (χ3v) is 4.55. The number of hydrogen-bond acceptors (Lipinski definition) is 7. The molecule has 0 aliphatic carbocycles. The minimum absolute atomic E-state index is 0.195. The van der Waals surface area contributed by atoms with Gasteiger partial charge in [0.2, 0.25) is 0 Å². The van der Waals surface area contributed by atoms with E-state index in [1.165, 1.54) is 5.56 Å². The van der Waals surface area contributed by atoms with E-state index in [1.807, 2.05) is 18.2 Å². The molecule has 0 aliphatic heterocycles. The van der Waals surface area contributed by atoms with Gasteiger partial charge in [0, 0.05) is 29.8 Å². The van der Waals surface area contributed by atoms with Crippen LogP contribution in [0.5, 0.6) is 0 Å². The second-order valence-electron chi connectivity index (χ2n) is 4.30. The second-order valence-corrected chi connectivity index (χ2v) is 6.50. The number of aliphatic hydroxyl groups excluding tert-OH is 1. The summed E-state index contributed by atoms with van der Waals surface area (Å²) in [5.74, 6) is -2.67. The fraction of sp³-hybridized carbons (Fsp3) is 0.267. The predicted octanol–water partition coefficient (Wildman–Crippen LogP) is 1.64. The Morgan fingerprint density at radius 3 is 2.38 bits per heavy atom. The van der Waals surface area contributed by atoms with Gasteiger partial charge in [0.15, 0.2) is 4.34 Å². The number of benzene rings is 1. The molecule has 0 saturated heterocycles. The molecule has 0 unspecified atom stereocenters. The number of carboxylic acid groups (broad SMARTS) is 2. The summed E-state index contributed by atoms with van der Waals surface area (Å²) >= 11 is 3.43. The van der Waals surface area contributed by atoms with E-state index in [2.05, 4.69) is 27.8 Å². The molecule has 0 atom stereocenters. The Balaban J connectivity index is 0.000000413. The van der Waals surface area contributed by atoms with Gasteiger partial charge in [-0.25, -0.2) is 14.6 Å². The maximum Gasteiger partial charge on any atom is 0.414 e. The lowest BCUT2D eigenvalue weighted by Gasteiger charge is -2.00. The summed E-state index contributed by atoms with van der Waals surface area (Å²) < 4.78 is 1.10. The zero-order valence-corrected chi connectivity index (χ0v) is 14.3. The van der Waals surface area contributed by atoms with Crippen LogP contribution in [0.2, 0.25) is 0 Å². The van der Waals surface area contributed by atoms with E-state index in [1.54, 1.807) is 23.1 Å². The monoisotopic (exact) mass is 370 g/mol. The molecule has 1 heterocycles. The van der Waals surface area contributed by atoms with Crippen LogP contribution in [0, 0.1) is 0 Å². The smallest absolute Gasteiger partial charge is 0.414 e. The molecule has 0 fully saturated rings. The van der Waals surface area contributed by atoms with E-state index >= 15 is 0 Å². The van der Waals surface area contributed by atoms with Crippen LogP contribution in [0.4, 0.5) is 0 Å². The van der Waals surface area contributed by atoms with Gasteiger partial charge in [0.1, 0.15) is 0 Å². The summed E-state index contributed by atoms with van der Waals surface area (Å²) in [6, 6.07) is 10.2. The normalized spacial score (nSPS) is 9.88. The van der Waals surface area contributed by atoms with Crippen molar-refractivity contribution in [2.45, 2.75) is 4.34 Å². The van der Waals surface area contributed by atoms with Crippen LogP contribution < -0.4 is 5.32 Å². The van der Waals surface area contributed by atoms with Crippen molar-refractivity contribution in [3.63, 3.8) is 0 Å². The topological polar surface area (TPSA) is 120 Å². The number of hydrogen-bond donors (Lipinski definition) is 4. The SMILES string of the molecule is O=C(O)C(=O)O.OCCNCCSc1nc(-c2ccccc2)cs1. The maximum atomic E-state index is 9.10. The number of carbonyl (C=O) groups is 2. The van der Waals surface area contributed by atoms with E-state index in [9.17, 15) is 0 Å². The van der Waals surface area contributed by atoms with Gasteiger partial charge in [-0.15, -0.1) is 11.3 Å². The molecule has 1 aromatic carbocycles. The number of thiazole rings is 1. The number of nitrogens with zero attached hydrogens (tertiary/aromatic N) is 1. The number of aliphatic carboxylic acids is 2. The molecule has 4 N–H and O–H groups in total. The number of aliphatic hydroxyl groups is 1. The van der Waals surface area contributed by atoms with Crippen LogP contribution in [0.25, 0.3) is 11.3 Å². The molecule has 9 heteroatoms. The first kappa shape index (κ1) is 20.1. The highest BCUT2D eigenvalue weighted by Gasteiger charge is 2.04. The Morgan fingerprint density at radius 1 is 1.12 bits per heavy atom. The quantitative estimate of drug-likeness (QED) is 0.330. The predicted molar refractivity (Wildman–Crippen MR) is 93.5 cm³/mol. The molecule has 2 rings (SSSR count). The molecular weight excluding hydrogens is 352 g/mol. The number of nitrogens with one attached hydrogen (secondary N) is 1. The highest BCUT2D eigenvalue weighted by molar-refractivity contribution is 8.01. The molecule has 130 valence electrons. The summed E-state index contributed by atoms with van der Waals surface area (Å²) in [4.78, 5) is 22.8. The lowest BCUT2D eigenvalue weighted by atomic mass is 10.2. The van der Waals surface area contributed by atoms with Crippen molar-refractivity contribution < 1.29 is 24.9 Å². The van der Waals surface area contributed by atoms with Crippen molar-refractivity contribution in [1.82, 2.24) is 10.3 Å². The summed E-state index contributed by atoms with van der Waals surface area (Å²) in [7, 11) is 0. The van der Waals surface area contributed by atoms with Gasteiger partial charge in [-0.2, -0.15) is 0 Å². The first-order chi connectivity index (χ1) is 11.5. The van der Waals surface area contributed by atoms with Crippen molar-refractivity contribution in [2.24, 2.45) is 0 Å². The lowest BCUT2D eigenvalue weighted by Crippen LogP contribution is -2.20. The van der Waals surface area contributed by atoms with E-state index in [0.29, 0.717) is 6.54 Å². The van der Waals surface area contributed by atoms with E-state index in [-0.39, 0.29) is 6.61 Å². The highest BCUT2D eigenvalue weighted by Crippen LogP contribution is 2.27. The Labute approximate surface area is 147 Å². The average molecular weight is 370 g/mol. The molecule has 0 radical (unpaired) electrons. The Bertz CT molecular complexity index is 622. The van der Waals surface area contributed by atoms with Crippen LogP contribution in [0.1, 0.15) is 0 Å². The standard InChI is InChI=1S/C13H16N2OS2.C2H2O4/c16-8-6-14-7-9-17-13-15-12(10-18-13)11-4-2-1-3-5-11;3-1(4)2(5)6/h1-5,10,14,16H,6-9H2;(H,3,4)(H,5,6). The second kappa shape index (κ2) is 11.6. The summed E-state index contributed by atoms with van der Waals surface area (Å²) in [6.45, 7) is 1.75. The van der Waals surface area contributed by atoms with Gasteiger partial charge in [-0.3, -0.25) is 0 Å². The van der Waals surface area contributed by atoms with Gasteiger partial charge in [0.25, 0.3) is 0 Å². The molecule has 7 nitrogen and oxygen atoms in total. The van der Waals surface area contributed by atoms with E-state index in [0.717, 1.165) is 22.3 Å². The fourth-order valence-corrected chi connectivity index (χ4v) is 3.28.